The van der Waals surface area contributed by atoms with E-state index in [1.54, 1.807) is 11.3 Å². The highest BCUT2D eigenvalue weighted by molar-refractivity contribution is 14.3. The molecule has 0 N–H and O–H groups in total. The zero-order valence-corrected chi connectivity index (χ0v) is 31.8. The highest BCUT2D eigenvalue weighted by Crippen LogP contribution is 2.55. The second kappa shape index (κ2) is 16.5. The van der Waals surface area contributed by atoms with Crippen LogP contribution in [0.2, 0.25) is 0 Å². The van der Waals surface area contributed by atoms with Gasteiger partial charge in [-0.05, 0) is 68.6 Å². The van der Waals surface area contributed by atoms with Crippen LogP contribution in [0.1, 0.15) is 70.1 Å². The lowest BCUT2D eigenvalue weighted by molar-refractivity contribution is 0.216. The van der Waals surface area contributed by atoms with E-state index in [-0.39, 0.29) is 40.9 Å². The Hall–Kier alpha value is -0.510. The number of thiazole rings is 1. The van der Waals surface area contributed by atoms with Gasteiger partial charge in [0.15, 0.2) is 5.13 Å². The number of alkyl halides is 3. The summed E-state index contributed by atoms with van der Waals surface area (Å²) in [5, 5.41) is 3.11. The predicted molar refractivity (Wildman–Crippen MR) is 206 cm³/mol. The number of likely N-dealkylation sites (tertiary alicyclic amines) is 1. The summed E-state index contributed by atoms with van der Waals surface area (Å²) in [6.07, 6.45) is 10.8. The van der Waals surface area contributed by atoms with E-state index in [1.807, 2.05) is 6.20 Å². The largest absolute Gasteiger partial charge is 0.493 e. The Morgan fingerprint density at radius 3 is 2.71 bits per heavy atom. The average Bonchev–Trinajstić information content (AvgIpc) is 3.49. The third-order valence-electron chi connectivity index (χ3n) is 7.64. The maximum atomic E-state index is 6.30. The van der Waals surface area contributed by atoms with Crippen molar-refractivity contribution >= 4 is 95.2 Å². The van der Waals surface area contributed by atoms with Crippen molar-refractivity contribution in [3.05, 3.63) is 53.2 Å². The summed E-state index contributed by atoms with van der Waals surface area (Å²) in [5.41, 5.74) is 5.56. The van der Waals surface area contributed by atoms with Gasteiger partial charge in [-0.2, -0.15) is 0 Å². The van der Waals surface area contributed by atoms with Crippen LogP contribution in [0, 0.1) is 5.92 Å². The van der Waals surface area contributed by atoms with E-state index in [2.05, 4.69) is 98.0 Å². The number of rotatable bonds is 13. The van der Waals surface area contributed by atoms with Crippen molar-refractivity contribution in [3.63, 3.8) is 0 Å². The van der Waals surface area contributed by atoms with Crippen molar-refractivity contribution in [2.75, 3.05) is 31.6 Å². The lowest BCUT2D eigenvalue weighted by Crippen LogP contribution is -2.28. The zero-order chi connectivity index (χ0) is 29.2. The zero-order valence-electron chi connectivity index (χ0n) is 24.6. The molecule has 224 valence electrons. The lowest BCUT2D eigenvalue weighted by atomic mass is 9.98. The molecule has 0 radical (unpaired) electrons. The Balaban J connectivity index is 1.48. The molecule has 1 atom stereocenters. The molecular formula is C32H43I3N4OS. The molecule has 0 bridgehead atoms. The number of unbranched alkanes of at least 4 members (excludes halogenated alkanes) is 2. The van der Waals surface area contributed by atoms with Gasteiger partial charge in [-0.25, -0.2) is 4.98 Å². The number of benzene rings is 1. The lowest BCUT2D eigenvalue weighted by Gasteiger charge is -2.26. The van der Waals surface area contributed by atoms with E-state index in [0.29, 0.717) is 0 Å². The minimum absolute atomic E-state index is 0.0404. The van der Waals surface area contributed by atoms with Crippen LogP contribution in [0.25, 0.3) is 11.3 Å². The number of hydrogen-bond donors (Lipinski definition) is 0. The highest BCUT2D eigenvalue weighted by atomic mass is 127. The smallest absolute Gasteiger partial charge is 0.190 e. The quantitative estimate of drug-likeness (QED) is 0.0972. The molecule has 1 aliphatic heterocycles. The summed E-state index contributed by atoms with van der Waals surface area (Å²) in [6.45, 7) is 8.65. The van der Waals surface area contributed by atoms with Crippen LogP contribution in [0.15, 0.2) is 41.9 Å². The average molecular weight is 913 g/mol. The Morgan fingerprint density at radius 2 is 1.98 bits per heavy atom. The van der Waals surface area contributed by atoms with E-state index in [0.717, 1.165) is 59.0 Å². The van der Waals surface area contributed by atoms with Crippen molar-refractivity contribution in [3.8, 4) is 17.0 Å². The third kappa shape index (κ3) is 9.24. The van der Waals surface area contributed by atoms with E-state index < -0.39 is 0 Å². The standard InChI is InChI=1S/C32H43I3N4OS/c1-6-7-10-19-40-30-15-14-27(20-28(30)32(33,34-3)35-4)38(5)31-37-29(23-41-31)25-12-13-26(36-21-25)22-39-17-9-8-11-24(2)16-18-39/h12-15,20-21,23-24H,3-4,6-11,16-19,22H2,1-2,5H3. The van der Waals surface area contributed by atoms with Gasteiger partial charge in [0, 0.05) is 42.0 Å². The monoisotopic (exact) mass is 912 g/mol. The van der Waals surface area contributed by atoms with Gasteiger partial charge in [0.1, 0.15) is 5.18 Å². The molecule has 1 saturated heterocycles. The van der Waals surface area contributed by atoms with E-state index in [9.17, 15) is 0 Å². The molecule has 0 saturated carbocycles. The molecule has 1 aromatic carbocycles. The maximum Gasteiger partial charge on any atom is 0.190 e. The summed E-state index contributed by atoms with van der Waals surface area (Å²) in [7, 11) is 2.10. The molecule has 1 aliphatic rings. The first-order valence-electron chi connectivity index (χ1n) is 14.5. The van der Waals surface area contributed by atoms with Gasteiger partial charge in [-0.15, -0.1) is 11.3 Å². The summed E-state index contributed by atoms with van der Waals surface area (Å²) >= 11 is 3.70. The van der Waals surface area contributed by atoms with Crippen LogP contribution in [-0.4, -0.2) is 50.6 Å². The molecule has 0 aliphatic carbocycles. The van der Waals surface area contributed by atoms with Crippen LogP contribution in [-0.2, 0) is 5.98 Å². The van der Waals surface area contributed by atoms with Crippen LogP contribution in [0.3, 0.4) is 0 Å². The number of halogens is 3. The topological polar surface area (TPSA) is 41.5 Å². The Bertz CT molecular complexity index is 1270. The normalized spacial score (nSPS) is 16.7. The van der Waals surface area contributed by atoms with Gasteiger partial charge < -0.3 is 9.64 Å². The van der Waals surface area contributed by atoms with Gasteiger partial charge in [0.25, 0.3) is 0 Å². The van der Waals surface area contributed by atoms with Crippen LogP contribution < -0.4 is 9.64 Å². The first-order chi connectivity index (χ1) is 19.9. The van der Waals surface area contributed by atoms with Gasteiger partial charge in [-0.1, -0.05) is 113 Å². The molecular weight excluding hydrogens is 869 g/mol. The Labute approximate surface area is 284 Å². The summed E-state index contributed by atoms with van der Waals surface area (Å²) in [4.78, 5) is 14.6. The van der Waals surface area contributed by atoms with Crippen molar-refractivity contribution in [2.24, 2.45) is 5.92 Å². The van der Waals surface area contributed by atoms with Gasteiger partial charge in [0.05, 0.1) is 18.0 Å². The number of ether oxygens (including phenoxy) is 1. The molecule has 4 rings (SSSR count). The number of nitrogens with zero attached hydrogens (tertiary/aromatic N) is 4. The molecule has 5 nitrogen and oxygen atoms in total. The van der Waals surface area contributed by atoms with Crippen molar-refractivity contribution in [1.82, 2.24) is 14.9 Å². The molecule has 1 unspecified atom stereocenters. The fraction of sp³-hybridized carbons (Fsp3) is 0.500. The summed E-state index contributed by atoms with van der Waals surface area (Å²) < 4.78 is 15.1. The van der Waals surface area contributed by atoms with Crippen molar-refractivity contribution < 1.29 is 4.74 Å². The number of pyridine rings is 1. The molecule has 3 aromatic rings. The number of hydrogen-bond acceptors (Lipinski definition) is 6. The van der Waals surface area contributed by atoms with Crippen LogP contribution in [0.5, 0.6) is 5.75 Å². The van der Waals surface area contributed by atoms with Crippen molar-refractivity contribution in [1.29, 1.82) is 0 Å². The maximum absolute atomic E-state index is 6.30. The number of aromatic nitrogens is 2. The van der Waals surface area contributed by atoms with Crippen LogP contribution >= 0.6 is 75.4 Å². The second-order valence-electron chi connectivity index (χ2n) is 10.8. The fourth-order valence-electron chi connectivity index (χ4n) is 4.99. The first kappa shape index (κ1) is 33.4. The summed E-state index contributed by atoms with van der Waals surface area (Å²) in [6, 6.07) is 10.9. The fourth-order valence-corrected chi connectivity index (χ4v) is 9.47. The van der Waals surface area contributed by atoms with Gasteiger partial charge in [0.2, 0.25) is 0 Å². The highest BCUT2D eigenvalue weighted by Gasteiger charge is 2.28. The molecule has 0 amide bonds. The van der Waals surface area contributed by atoms with Crippen molar-refractivity contribution in [2.45, 2.75) is 64.8 Å². The van der Waals surface area contributed by atoms with Gasteiger partial charge in [-0.3, -0.25) is 9.88 Å². The Morgan fingerprint density at radius 1 is 1.15 bits per heavy atom. The van der Waals surface area contributed by atoms with Gasteiger partial charge >= 0.3 is 0 Å². The molecule has 0 spiro atoms. The van der Waals surface area contributed by atoms with Crippen LogP contribution in [0.4, 0.5) is 10.8 Å². The first-order valence-corrected chi connectivity index (χ1v) is 21.7. The third-order valence-corrected chi connectivity index (χ3v) is 20.0. The minimum Gasteiger partial charge on any atom is -0.493 e. The summed E-state index contributed by atoms with van der Waals surface area (Å²) in [5.74, 6) is 1.83. The molecule has 1 fully saturated rings. The molecule has 41 heavy (non-hydrogen) atoms. The number of anilines is 2. The molecule has 3 heterocycles. The predicted octanol–water partition coefficient (Wildman–Crippen LogP) is 9.90. The SMILES string of the molecule is C=IC(I)(I=C)c1cc(N(C)c2nc(-c3ccc(CN4CCCCC(C)CC4)nc3)cs2)ccc1OCCCCC. The Kier molecular flexibility index (Phi) is 13.5. The minimum atomic E-state index is -0.287. The molecule has 9 heteroatoms. The molecule has 2 aromatic heterocycles. The van der Waals surface area contributed by atoms with E-state index >= 15 is 0 Å². The van der Waals surface area contributed by atoms with E-state index in [4.69, 9.17) is 14.7 Å². The second-order valence-corrected chi connectivity index (χ2v) is 24.2. The van der Waals surface area contributed by atoms with E-state index in [1.165, 1.54) is 57.2 Å².